The molecule has 5 nitrogen and oxygen atoms in total. The predicted octanol–water partition coefficient (Wildman–Crippen LogP) is 1.64. The monoisotopic (exact) mass is 304 g/mol. The third kappa shape index (κ3) is 4.51. The molecule has 2 unspecified atom stereocenters. The zero-order valence-corrected chi connectivity index (χ0v) is 12.5. The molecule has 0 aromatic heterocycles. The van der Waals surface area contributed by atoms with Crippen LogP contribution in [-0.2, 0) is 25.7 Å². The molecule has 2 atom stereocenters. The van der Waals surface area contributed by atoms with Crippen molar-refractivity contribution in [3.63, 3.8) is 0 Å². The van der Waals surface area contributed by atoms with Gasteiger partial charge in [0.05, 0.1) is 19.8 Å². The van der Waals surface area contributed by atoms with Crippen molar-refractivity contribution in [3.8, 4) is 0 Å². The minimum atomic E-state index is -0.581. The van der Waals surface area contributed by atoms with Gasteiger partial charge < -0.3 is 14.6 Å². The number of carbonyl (C=O) groups is 2. The van der Waals surface area contributed by atoms with Crippen molar-refractivity contribution < 1.29 is 24.2 Å². The number of aliphatic hydroxyl groups excluding tert-OH is 1. The highest BCUT2D eigenvalue weighted by atomic mass is 16.5. The number of carbonyl (C=O) groups excluding carboxylic acids is 2. The normalized spacial score (nSPS) is 18.7. The number of ketones is 1. The first kappa shape index (κ1) is 16.4. The maximum Gasteiger partial charge on any atom is 0.331 e. The maximum atomic E-state index is 11.4. The Kier molecular flexibility index (Phi) is 5.86. The van der Waals surface area contributed by atoms with Gasteiger partial charge in [0.15, 0.2) is 0 Å². The van der Waals surface area contributed by atoms with Crippen LogP contribution in [0.3, 0.4) is 0 Å². The highest BCUT2D eigenvalue weighted by Gasteiger charge is 2.32. The fraction of sp³-hybridized carbons (Fsp3) is 0.412. The molecule has 0 saturated heterocycles. The van der Waals surface area contributed by atoms with Crippen LogP contribution in [0.4, 0.5) is 0 Å². The van der Waals surface area contributed by atoms with Gasteiger partial charge in [-0.05, 0) is 18.1 Å². The van der Waals surface area contributed by atoms with E-state index in [1.165, 1.54) is 13.0 Å². The van der Waals surface area contributed by atoms with E-state index < -0.39 is 12.1 Å². The highest BCUT2D eigenvalue weighted by Crippen LogP contribution is 2.26. The first-order valence-corrected chi connectivity index (χ1v) is 7.24. The van der Waals surface area contributed by atoms with E-state index in [2.05, 4.69) is 0 Å². The summed E-state index contributed by atoms with van der Waals surface area (Å²) in [4.78, 5) is 22.7. The summed E-state index contributed by atoms with van der Waals surface area (Å²) in [5, 5.41) is 9.55. The van der Waals surface area contributed by atoms with Crippen molar-refractivity contribution in [1.29, 1.82) is 0 Å². The molecule has 1 aromatic rings. The molecule has 2 rings (SSSR count). The number of hydrogen-bond acceptors (Lipinski definition) is 5. The second kappa shape index (κ2) is 7.87. The molecule has 0 aliphatic carbocycles. The van der Waals surface area contributed by atoms with Crippen molar-refractivity contribution in [1.82, 2.24) is 0 Å². The molecule has 118 valence electrons. The summed E-state index contributed by atoms with van der Waals surface area (Å²) < 4.78 is 10.7. The van der Waals surface area contributed by atoms with Gasteiger partial charge in [0.1, 0.15) is 11.9 Å². The lowest BCUT2D eigenvalue weighted by Gasteiger charge is -2.20. The van der Waals surface area contributed by atoms with Crippen LogP contribution < -0.4 is 0 Å². The van der Waals surface area contributed by atoms with E-state index in [0.717, 1.165) is 5.56 Å². The largest absolute Gasteiger partial charge is 0.454 e. The van der Waals surface area contributed by atoms with Crippen LogP contribution >= 0.6 is 0 Å². The van der Waals surface area contributed by atoms with Crippen LogP contribution in [0.1, 0.15) is 18.9 Å². The van der Waals surface area contributed by atoms with Crippen molar-refractivity contribution in [2.45, 2.75) is 26.1 Å². The van der Waals surface area contributed by atoms with E-state index >= 15 is 0 Å². The molecular weight excluding hydrogens is 284 g/mol. The van der Waals surface area contributed by atoms with Crippen LogP contribution in [0.5, 0.6) is 0 Å². The number of hydrogen-bond donors (Lipinski definition) is 1. The first-order chi connectivity index (χ1) is 10.6. The predicted molar refractivity (Wildman–Crippen MR) is 79.9 cm³/mol. The van der Waals surface area contributed by atoms with Crippen molar-refractivity contribution in [2.75, 3.05) is 13.2 Å². The molecule has 22 heavy (non-hydrogen) atoms. The number of esters is 1. The quantitative estimate of drug-likeness (QED) is 0.739. The Labute approximate surface area is 129 Å². The van der Waals surface area contributed by atoms with Gasteiger partial charge >= 0.3 is 5.97 Å². The third-order valence-corrected chi connectivity index (χ3v) is 3.51. The lowest BCUT2D eigenvalue weighted by molar-refractivity contribution is -0.140. The fourth-order valence-electron chi connectivity index (χ4n) is 2.42. The van der Waals surface area contributed by atoms with E-state index in [4.69, 9.17) is 9.47 Å². The number of cyclic esters (lactones) is 1. The Morgan fingerprint density at radius 3 is 2.73 bits per heavy atom. The molecule has 0 saturated carbocycles. The highest BCUT2D eigenvalue weighted by molar-refractivity contribution is 5.87. The van der Waals surface area contributed by atoms with Gasteiger partial charge in [-0.1, -0.05) is 30.3 Å². The van der Waals surface area contributed by atoms with Gasteiger partial charge in [-0.2, -0.15) is 0 Å². The van der Waals surface area contributed by atoms with E-state index in [-0.39, 0.29) is 31.3 Å². The zero-order chi connectivity index (χ0) is 15.9. The average molecular weight is 304 g/mol. The van der Waals surface area contributed by atoms with E-state index in [1.54, 1.807) is 0 Å². The van der Waals surface area contributed by atoms with Crippen molar-refractivity contribution in [3.05, 3.63) is 47.5 Å². The van der Waals surface area contributed by atoms with Crippen LogP contribution in [0.15, 0.2) is 42.0 Å². The smallest absolute Gasteiger partial charge is 0.331 e. The number of rotatable bonds is 8. The average Bonchev–Trinajstić information content (AvgIpc) is 2.84. The van der Waals surface area contributed by atoms with Gasteiger partial charge in [-0.3, -0.25) is 4.79 Å². The Morgan fingerprint density at radius 2 is 2.09 bits per heavy atom. The lowest BCUT2D eigenvalue weighted by atomic mass is 9.94. The minimum absolute atomic E-state index is 0.0625. The Hall–Kier alpha value is -1.98. The molecule has 1 N–H and O–H groups in total. The summed E-state index contributed by atoms with van der Waals surface area (Å²) >= 11 is 0. The first-order valence-electron chi connectivity index (χ1n) is 7.24. The fourth-order valence-corrected chi connectivity index (χ4v) is 2.42. The second-order valence-corrected chi connectivity index (χ2v) is 5.36. The minimum Gasteiger partial charge on any atom is -0.454 e. The Balaban J connectivity index is 1.93. The summed E-state index contributed by atoms with van der Waals surface area (Å²) in [6.45, 7) is 1.98. The van der Waals surface area contributed by atoms with Gasteiger partial charge in [0, 0.05) is 18.4 Å². The summed E-state index contributed by atoms with van der Waals surface area (Å²) in [6.07, 6.45) is 0.912. The van der Waals surface area contributed by atoms with Gasteiger partial charge in [-0.25, -0.2) is 4.79 Å². The van der Waals surface area contributed by atoms with Crippen LogP contribution in [0, 0.1) is 5.92 Å². The second-order valence-electron chi connectivity index (χ2n) is 5.36. The molecule has 0 bridgehead atoms. The summed E-state index contributed by atoms with van der Waals surface area (Å²) in [6, 6.07) is 9.69. The van der Waals surface area contributed by atoms with Gasteiger partial charge in [0.25, 0.3) is 0 Å². The van der Waals surface area contributed by atoms with Crippen molar-refractivity contribution >= 4 is 11.8 Å². The zero-order valence-electron chi connectivity index (χ0n) is 12.5. The van der Waals surface area contributed by atoms with Crippen molar-refractivity contribution in [2.24, 2.45) is 5.92 Å². The molecule has 0 fully saturated rings. The third-order valence-electron chi connectivity index (χ3n) is 3.51. The molecule has 0 spiro atoms. The van der Waals surface area contributed by atoms with Crippen LogP contribution in [-0.4, -0.2) is 36.2 Å². The van der Waals surface area contributed by atoms with E-state index in [9.17, 15) is 14.7 Å². The SMILES string of the molecule is CC(=O)CC1OC(=O)C=C1C(CO)COCc1ccccc1. The molecule has 0 radical (unpaired) electrons. The molecule has 1 aliphatic rings. The number of ether oxygens (including phenoxy) is 2. The lowest BCUT2D eigenvalue weighted by Crippen LogP contribution is -2.25. The number of benzene rings is 1. The summed E-state index contributed by atoms with van der Waals surface area (Å²) in [5.41, 5.74) is 1.67. The van der Waals surface area contributed by atoms with E-state index in [1.807, 2.05) is 30.3 Å². The summed E-state index contributed by atoms with van der Waals surface area (Å²) in [7, 11) is 0. The molecular formula is C17H20O5. The van der Waals surface area contributed by atoms with Gasteiger partial charge in [-0.15, -0.1) is 0 Å². The standard InChI is InChI=1S/C17H20O5/c1-12(19)7-16-15(8-17(20)22-16)14(9-18)11-21-10-13-5-3-2-4-6-13/h2-6,8,14,16,18H,7,9-11H2,1H3. The maximum absolute atomic E-state index is 11.4. The molecule has 1 aliphatic heterocycles. The Morgan fingerprint density at radius 1 is 1.36 bits per heavy atom. The number of aliphatic hydroxyl groups is 1. The molecule has 0 amide bonds. The molecule has 5 heteroatoms. The van der Waals surface area contributed by atoms with Gasteiger partial charge in [0.2, 0.25) is 0 Å². The van der Waals surface area contributed by atoms with E-state index in [0.29, 0.717) is 12.2 Å². The topological polar surface area (TPSA) is 72.8 Å². The summed E-state index contributed by atoms with van der Waals surface area (Å²) in [5.74, 6) is -0.880. The molecule has 1 heterocycles. The van der Waals surface area contributed by atoms with Crippen LogP contribution in [0.25, 0.3) is 0 Å². The Bertz CT molecular complexity index is 549. The van der Waals surface area contributed by atoms with Crippen LogP contribution in [0.2, 0.25) is 0 Å². The molecule has 1 aromatic carbocycles. The number of Topliss-reactive ketones (excluding diaryl/α,β-unsaturated/α-hetero) is 1.